The van der Waals surface area contributed by atoms with Crippen molar-refractivity contribution in [2.24, 2.45) is 11.5 Å². The topological polar surface area (TPSA) is 263 Å². The van der Waals surface area contributed by atoms with Gasteiger partial charge in [-0.2, -0.15) is 0 Å². The highest BCUT2D eigenvalue weighted by Gasteiger charge is 2.35. The molecule has 0 spiro atoms. The lowest BCUT2D eigenvalue weighted by molar-refractivity contribution is -0.138. The van der Waals surface area contributed by atoms with Crippen LogP contribution in [0.4, 0.5) is 0 Å². The molecule has 0 aromatic rings. The van der Waals surface area contributed by atoms with Crippen LogP contribution >= 0.6 is 11.8 Å². The van der Waals surface area contributed by atoms with Gasteiger partial charge < -0.3 is 48.1 Å². The maximum Gasteiger partial charge on any atom is 0.318 e. The number of carboxylic acid groups (broad SMARTS) is 1. The SMILES string of the molecule is C[C@@H]1NC(=O)C(CO)NC(=O)[C@@H](N)CSC(C(=O)O)C(CO)NC(=O)C(CC(N)=O)NC1=O. The number of rotatable bonds is 5. The molecular weight excluding hydrogens is 464 g/mol. The Kier molecular flexibility index (Phi) is 11.0. The molecule has 1 heterocycles. The summed E-state index contributed by atoms with van der Waals surface area (Å²) in [5.74, 6) is -6.41. The second-order valence-electron chi connectivity index (χ2n) is 7.20. The van der Waals surface area contributed by atoms with Gasteiger partial charge >= 0.3 is 5.97 Å². The molecule has 1 rings (SSSR count). The molecule has 33 heavy (non-hydrogen) atoms. The van der Waals surface area contributed by atoms with Crippen molar-refractivity contribution in [2.75, 3.05) is 19.0 Å². The van der Waals surface area contributed by atoms with Crippen LogP contribution in [0.5, 0.6) is 0 Å². The van der Waals surface area contributed by atoms with Gasteiger partial charge in [0.05, 0.1) is 31.7 Å². The molecule has 16 heteroatoms. The molecule has 0 bridgehead atoms. The monoisotopic (exact) mass is 492 g/mol. The largest absolute Gasteiger partial charge is 0.480 e. The molecule has 1 saturated heterocycles. The number of hydrogen-bond acceptors (Lipinski definition) is 10. The number of nitrogens with two attached hydrogens (primary N) is 2. The van der Waals surface area contributed by atoms with Crippen molar-refractivity contribution in [3.8, 4) is 0 Å². The third-order valence-corrected chi connectivity index (χ3v) is 5.97. The van der Waals surface area contributed by atoms with E-state index in [-0.39, 0.29) is 5.75 Å². The van der Waals surface area contributed by atoms with Gasteiger partial charge in [0.25, 0.3) is 0 Å². The van der Waals surface area contributed by atoms with Crippen molar-refractivity contribution in [3.05, 3.63) is 0 Å². The number of carbonyl (C=O) groups excluding carboxylic acids is 5. The van der Waals surface area contributed by atoms with Crippen LogP contribution < -0.4 is 32.7 Å². The van der Waals surface area contributed by atoms with Gasteiger partial charge in [0.2, 0.25) is 29.5 Å². The summed E-state index contributed by atoms with van der Waals surface area (Å²) in [6.07, 6.45) is -0.651. The summed E-state index contributed by atoms with van der Waals surface area (Å²) in [5, 5.41) is 36.0. The molecule has 5 amide bonds. The number of carbonyl (C=O) groups is 6. The van der Waals surface area contributed by atoms with E-state index in [9.17, 15) is 44.1 Å². The van der Waals surface area contributed by atoms with E-state index in [1.54, 1.807) is 0 Å². The highest BCUT2D eigenvalue weighted by atomic mass is 32.2. The van der Waals surface area contributed by atoms with Crippen LogP contribution in [0.1, 0.15) is 13.3 Å². The van der Waals surface area contributed by atoms with E-state index in [2.05, 4.69) is 21.3 Å². The fourth-order valence-electron chi connectivity index (χ4n) is 2.70. The summed E-state index contributed by atoms with van der Waals surface area (Å²) in [5.41, 5.74) is 10.9. The summed E-state index contributed by atoms with van der Waals surface area (Å²) < 4.78 is 0. The van der Waals surface area contributed by atoms with Crippen molar-refractivity contribution in [3.63, 3.8) is 0 Å². The highest BCUT2D eigenvalue weighted by Crippen LogP contribution is 2.17. The lowest BCUT2D eigenvalue weighted by atomic mass is 10.1. The Morgan fingerprint density at radius 2 is 1.52 bits per heavy atom. The van der Waals surface area contributed by atoms with Gasteiger partial charge in [0.15, 0.2) is 0 Å². The third kappa shape index (κ3) is 8.49. The van der Waals surface area contributed by atoms with Gasteiger partial charge in [-0.15, -0.1) is 11.8 Å². The van der Waals surface area contributed by atoms with Crippen LogP contribution in [-0.4, -0.2) is 105 Å². The summed E-state index contributed by atoms with van der Waals surface area (Å²) in [6, 6.07) is -6.97. The predicted molar refractivity (Wildman–Crippen MR) is 113 cm³/mol. The molecule has 1 fully saturated rings. The highest BCUT2D eigenvalue weighted by molar-refractivity contribution is 8.00. The van der Waals surface area contributed by atoms with E-state index in [1.165, 1.54) is 6.92 Å². The van der Waals surface area contributed by atoms with Gasteiger partial charge in [-0.3, -0.25) is 28.8 Å². The number of thioether (sulfide) groups is 1. The lowest BCUT2D eigenvalue weighted by Crippen LogP contribution is -2.60. The minimum atomic E-state index is -1.54. The molecule has 0 saturated carbocycles. The Morgan fingerprint density at radius 1 is 0.939 bits per heavy atom. The van der Waals surface area contributed by atoms with Crippen molar-refractivity contribution in [2.45, 2.75) is 48.8 Å². The fraction of sp³-hybridized carbons (Fsp3) is 0.647. The number of primary amides is 1. The Hall–Kier alpha value is -2.95. The summed E-state index contributed by atoms with van der Waals surface area (Å²) in [7, 11) is 0. The van der Waals surface area contributed by atoms with E-state index in [4.69, 9.17) is 11.5 Å². The molecule has 4 unspecified atom stereocenters. The molecule has 15 nitrogen and oxygen atoms in total. The Morgan fingerprint density at radius 3 is 2.03 bits per heavy atom. The molecule has 1 aliphatic rings. The third-order valence-electron chi connectivity index (χ3n) is 4.53. The molecular formula is C17H28N6O9S. The first kappa shape index (κ1) is 28.1. The number of amides is 5. The zero-order chi connectivity index (χ0) is 25.3. The zero-order valence-corrected chi connectivity index (χ0v) is 18.5. The summed E-state index contributed by atoms with van der Waals surface area (Å²) in [4.78, 5) is 72.8. The molecule has 11 N–H and O–H groups in total. The van der Waals surface area contributed by atoms with Crippen LogP contribution in [-0.2, 0) is 28.8 Å². The number of aliphatic carboxylic acids is 1. The number of aliphatic hydroxyl groups excluding tert-OH is 2. The maximum absolute atomic E-state index is 12.7. The Bertz CT molecular complexity index is 782. The first-order valence-electron chi connectivity index (χ1n) is 9.72. The van der Waals surface area contributed by atoms with Crippen LogP contribution in [0.2, 0.25) is 0 Å². The molecule has 1 aliphatic heterocycles. The summed E-state index contributed by atoms with van der Waals surface area (Å²) >= 11 is 0.636. The van der Waals surface area contributed by atoms with Crippen LogP contribution in [0.3, 0.4) is 0 Å². The maximum atomic E-state index is 12.7. The standard InChI is InChI=1S/C17H28N6O9S/c1-6-13(27)21-8(2-11(19)26)15(29)22-9(3-24)12(17(31)32)33-5-7(18)14(28)23-10(4-25)16(30)20-6/h6-10,12,24-25H,2-5,18H2,1H3,(H2,19,26)(H,20,30)(H,21,27)(H,22,29)(H,23,28)(H,31,32)/t6-,7-,8?,9?,10?,12?/m0/s1. The van der Waals surface area contributed by atoms with Gasteiger partial charge in [-0.05, 0) is 6.92 Å². The number of hydrogen-bond donors (Lipinski definition) is 9. The molecule has 0 aromatic carbocycles. The van der Waals surface area contributed by atoms with Crippen LogP contribution in [0, 0.1) is 0 Å². The number of aliphatic hydroxyl groups is 2. The van der Waals surface area contributed by atoms with E-state index in [1.807, 2.05) is 0 Å². The number of nitrogens with one attached hydrogen (secondary N) is 4. The second kappa shape index (κ2) is 12.9. The van der Waals surface area contributed by atoms with Crippen molar-refractivity contribution in [1.82, 2.24) is 21.3 Å². The summed E-state index contributed by atoms with van der Waals surface area (Å²) in [6.45, 7) is -0.415. The van der Waals surface area contributed by atoms with Crippen molar-refractivity contribution >= 4 is 47.3 Å². The molecule has 6 atom stereocenters. The first-order valence-corrected chi connectivity index (χ1v) is 10.8. The van der Waals surface area contributed by atoms with E-state index < -0.39 is 90.6 Å². The fourth-order valence-corrected chi connectivity index (χ4v) is 3.80. The van der Waals surface area contributed by atoms with Gasteiger partial charge in [-0.25, -0.2) is 0 Å². The smallest absolute Gasteiger partial charge is 0.318 e. The molecule has 0 radical (unpaired) electrons. The zero-order valence-electron chi connectivity index (χ0n) is 17.6. The minimum absolute atomic E-state index is 0.285. The Labute approximate surface area is 192 Å². The van der Waals surface area contributed by atoms with E-state index in [0.717, 1.165) is 0 Å². The van der Waals surface area contributed by atoms with E-state index >= 15 is 0 Å². The molecule has 186 valence electrons. The molecule has 0 aliphatic carbocycles. The van der Waals surface area contributed by atoms with Crippen LogP contribution in [0.25, 0.3) is 0 Å². The number of carboxylic acids is 1. The van der Waals surface area contributed by atoms with Crippen molar-refractivity contribution < 1.29 is 44.1 Å². The Balaban J connectivity index is 3.30. The predicted octanol–water partition coefficient (Wildman–Crippen LogP) is -5.67. The van der Waals surface area contributed by atoms with Crippen LogP contribution in [0.15, 0.2) is 0 Å². The lowest BCUT2D eigenvalue weighted by Gasteiger charge is -2.28. The quantitative estimate of drug-likeness (QED) is 0.174. The van der Waals surface area contributed by atoms with Crippen molar-refractivity contribution in [1.29, 1.82) is 0 Å². The van der Waals surface area contributed by atoms with Gasteiger partial charge in [-0.1, -0.05) is 0 Å². The minimum Gasteiger partial charge on any atom is -0.480 e. The van der Waals surface area contributed by atoms with Gasteiger partial charge in [0.1, 0.15) is 23.4 Å². The first-order chi connectivity index (χ1) is 15.4. The second-order valence-corrected chi connectivity index (χ2v) is 8.38. The average Bonchev–Trinajstić information content (AvgIpc) is 2.74. The van der Waals surface area contributed by atoms with E-state index in [0.29, 0.717) is 11.8 Å². The average molecular weight is 493 g/mol. The molecule has 0 aromatic heterocycles. The van der Waals surface area contributed by atoms with Gasteiger partial charge in [0, 0.05) is 5.75 Å². The normalized spacial score (nSPS) is 30.4.